The van der Waals surface area contributed by atoms with Gasteiger partial charge < -0.3 is 10.5 Å². The Kier molecular flexibility index (Phi) is 3.74. The molecule has 0 radical (unpaired) electrons. The van der Waals surface area contributed by atoms with Crippen molar-refractivity contribution in [2.45, 2.75) is 46.1 Å². The SMILES string of the molecule is CC1CC(OCCN)CC(C)(C)C1. The summed E-state index contributed by atoms with van der Waals surface area (Å²) in [5.74, 6) is 0.798. The summed E-state index contributed by atoms with van der Waals surface area (Å²) >= 11 is 0. The summed E-state index contributed by atoms with van der Waals surface area (Å²) in [6, 6.07) is 0. The summed E-state index contributed by atoms with van der Waals surface area (Å²) in [5.41, 5.74) is 5.88. The van der Waals surface area contributed by atoms with Gasteiger partial charge in [0, 0.05) is 6.54 Å². The molecule has 0 aromatic rings. The van der Waals surface area contributed by atoms with Gasteiger partial charge in [-0.2, -0.15) is 0 Å². The Balaban J connectivity index is 2.38. The van der Waals surface area contributed by atoms with Crippen molar-refractivity contribution in [1.29, 1.82) is 0 Å². The normalized spacial score (nSPS) is 33.2. The molecule has 2 unspecified atom stereocenters. The lowest BCUT2D eigenvalue weighted by atomic mass is 9.71. The highest BCUT2D eigenvalue weighted by Crippen LogP contribution is 2.39. The van der Waals surface area contributed by atoms with E-state index in [9.17, 15) is 0 Å². The predicted molar refractivity (Wildman–Crippen MR) is 55.6 cm³/mol. The first-order valence-electron chi connectivity index (χ1n) is 5.35. The molecule has 0 aromatic carbocycles. The molecular formula is C11H23NO. The topological polar surface area (TPSA) is 35.2 Å². The lowest BCUT2D eigenvalue weighted by Crippen LogP contribution is -2.33. The van der Waals surface area contributed by atoms with E-state index < -0.39 is 0 Å². The van der Waals surface area contributed by atoms with Crippen LogP contribution in [0.4, 0.5) is 0 Å². The van der Waals surface area contributed by atoms with Crippen LogP contribution in [0.2, 0.25) is 0 Å². The van der Waals surface area contributed by atoms with E-state index in [0.29, 0.717) is 24.7 Å². The van der Waals surface area contributed by atoms with Gasteiger partial charge in [0.25, 0.3) is 0 Å². The van der Waals surface area contributed by atoms with Crippen LogP contribution in [0, 0.1) is 11.3 Å². The molecule has 0 aromatic heterocycles. The van der Waals surface area contributed by atoms with Gasteiger partial charge in [0.05, 0.1) is 12.7 Å². The number of nitrogens with two attached hydrogens (primary N) is 1. The Morgan fingerprint density at radius 2 is 2.08 bits per heavy atom. The van der Waals surface area contributed by atoms with Crippen LogP contribution in [-0.4, -0.2) is 19.3 Å². The average Bonchev–Trinajstić information content (AvgIpc) is 1.97. The van der Waals surface area contributed by atoms with Gasteiger partial charge in [-0.15, -0.1) is 0 Å². The quantitative estimate of drug-likeness (QED) is 0.731. The Hall–Kier alpha value is -0.0800. The molecule has 0 saturated heterocycles. The highest BCUT2D eigenvalue weighted by Gasteiger charge is 2.32. The van der Waals surface area contributed by atoms with Gasteiger partial charge in [0.2, 0.25) is 0 Å². The fourth-order valence-corrected chi connectivity index (χ4v) is 2.62. The second-order valence-corrected chi connectivity index (χ2v) is 5.19. The van der Waals surface area contributed by atoms with E-state index in [1.165, 1.54) is 19.3 Å². The Bertz CT molecular complexity index is 156. The largest absolute Gasteiger partial charge is 0.377 e. The molecule has 1 fully saturated rings. The van der Waals surface area contributed by atoms with Crippen LogP contribution < -0.4 is 5.73 Å². The predicted octanol–water partition coefficient (Wildman–Crippen LogP) is 2.18. The molecular weight excluding hydrogens is 162 g/mol. The third kappa shape index (κ3) is 3.65. The maximum Gasteiger partial charge on any atom is 0.0592 e. The number of hydrogen-bond donors (Lipinski definition) is 1. The minimum Gasteiger partial charge on any atom is -0.377 e. The van der Waals surface area contributed by atoms with Crippen LogP contribution in [0.1, 0.15) is 40.0 Å². The molecule has 13 heavy (non-hydrogen) atoms. The van der Waals surface area contributed by atoms with E-state index in [4.69, 9.17) is 10.5 Å². The summed E-state index contributed by atoms with van der Waals surface area (Å²) < 4.78 is 5.71. The van der Waals surface area contributed by atoms with Crippen molar-refractivity contribution in [3.05, 3.63) is 0 Å². The maximum atomic E-state index is 5.71. The molecule has 0 spiro atoms. The van der Waals surface area contributed by atoms with Crippen molar-refractivity contribution in [3.63, 3.8) is 0 Å². The van der Waals surface area contributed by atoms with Crippen LogP contribution in [0.15, 0.2) is 0 Å². The van der Waals surface area contributed by atoms with Crippen LogP contribution in [0.3, 0.4) is 0 Å². The van der Waals surface area contributed by atoms with Crippen molar-refractivity contribution < 1.29 is 4.74 Å². The Morgan fingerprint density at radius 3 is 2.62 bits per heavy atom. The molecule has 2 heteroatoms. The van der Waals surface area contributed by atoms with Gasteiger partial charge in [-0.1, -0.05) is 20.8 Å². The third-order valence-electron chi connectivity index (χ3n) is 2.82. The Morgan fingerprint density at radius 1 is 1.38 bits per heavy atom. The number of rotatable bonds is 3. The van der Waals surface area contributed by atoms with E-state index in [2.05, 4.69) is 20.8 Å². The zero-order valence-electron chi connectivity index (χ0n) is 9.18. The zero-order chi connectivity index (χ0) is 9.90. The molecule has 2 N–H and O–H groups in total. The standard InChI is InChI=1S/C11H23NO/c1-9-6-10(13-5-4-12)8-11(2,3)7-9/h9-10H,4-8,12H2,1-3H3. The summed E-state index contributed by atoms with van der Waals surface area (Å²) in [7, 11) is 0. The molecule has 2 atom stereocenters. The van der Waals surface area contributed by atoms with Crippen molar-refractivity contribution in [3.8, 4) is 0 Å². The highest BCUT2D eigenvalue weighted by atomic mass is 16.5. The van der Waals surface area contributed by atoms with E-state index >= 15 is 0 Å². The molecule has 78 valence electrons. The van der Waals surface area contributed by atoms with Crippen molar-refractivity contribution >= 4 is 0 Å². The van der Waals surface area contributed by atoms with E-state index in [-0.39, 0.29) is 0 Å². The average molecular weight is 185 g/mol. The van der Waals surface area contributed by atoms with E-state index in [0.717, 1.165) is 5.92 Å². The summed E-state index contributed by atoms with van der Waals surface area (Å²) in [6.45, 7) is 8.35. The van der Waals surface area contributed by atoms with Gasteiger partial charge in [-0.05, 0) is 30.6 Å². The molecule has 1 aliphatic rings. The molecule has 1 rings (SSSR count). The van der Waals surface area contributed by atoms with Gasteiger partial charge >= 0.3 is 0 Å². The van der Waals surface area contributed by atoms with E-state index in [1.807, 2.05) is 0 Å². The van der Waals surface area contributed by atoms with Crippen LogP contribution in [0.25, 0.3) is 0 Å². The minimum atomic E-state index is 0.447. The second kappa shape index (κ2) is 4.43. The number of ether oxygens (including phenoxy) is 1. The summed E-state index contributed by atoms with van der Waals surface area (Å²) in [4.78, 5) is 0. The molecule has 1 aliphatic carbocycles. The smallest absolute Gasteiger partial charge is 0.0592 e. The Labute approximate surface area is 81.8 Å². The first-order chi connectivity index (χ1) is 6.03. The summed E-state index contributed by atoms with van der Waals surface area (Å²) in [5, 5.41) is 0. The van der Waals surface area contributed by atoms with Crippen LogP contribution in [0.5, 0.6) is 0 Å². The zero-order valence-corrected chi connectivity index (χ0v) is 9.18. The van der Waals surface area contributed by atoms with Crippen molar-refractivity contribution in [2.75, 3.05) is 13.2 Å². The van der Waals surface area contributed by atoms with Crippen molar-refractivity contribution in [1.82, 2.24) is 0 Å². The minimum absolute atomic E-state index is 0.447. The van der Waals surface area contributed by atoms with Gasteiger partial charge in [0.1, 0.15) is 0 Å². The van der Waals surface area contributed by atoms with Gasteiger partial charge in [0.15, 0.2) is 0 Å². The molecule has 0 heterocycles. The second-order valence-electron chi connectivity index (χ2n) is 5.19. The number of hydrogen-bond acceptors (Lipinski definition) is 2. The molecule has 1 saturated carbocycles. The lowest BCUT2D eigenvalue weighted by Gasteiger charge is -2.38. The first kappa shape index (κ1) is 11.0. The van der Waals surface area contributed by atoms with Gasteiger partial charge in [-0.3, -0.25) is 0 Å². The van der Waals surface area contributed by atoms with Crippen molar-refractivity contribution in [2.24, 2.45) is 17.1 Å². The lowest BCUT2D eigenvalue weighted by molar-refractivity contribution is -0.0195. The van der Waals surface area contributed by atoms with E-state index in [1.54, 1.807) is 0 Å². The fraction of sp³-hybridized carbons (Fsp3) is 1.00. The van der Waals surface area contributed by atoms with Crippen LogP contribution >= 0.6 is 0 Å². The molecule has 0 aliphatic heterocycles. The molecule has 0 bridgehead atoms. The monoisotopic (exact) mass is 185 g/mol. The third-order valence-corrected chi connectivity index (χ3v) is 2.82. The molecule has 0 amide bonds. The molecule has 2 nitrogen and oxygen atoms in total. The summed E-state index contributed by atoms with van der Waals surface area (Å²) in [6.07, 6.45) is 4.18. The maximum absolute atomic E-state index is 5.71. The first-order valence-corrected chi connectivity index (χ1v) is 5.35. The fourth-order valence-electron chi connectivity index (χ4n) is 2.62. The van der Waals surface area contributed by atoms with Gasteiger partial charge in [-0.25, -0.2) is 0 Å². The van der Waals surface area contributed by atoms with Crippen LogP contribution in [-0.2, 0) is 4.74 Å². The highest BCUT2D eigenvalue weighted by molar-refractivity contribution is 4.83.